The summed E-state index contributed by atoms with van der Waals surface area (Å²) < 4.78 is 50.8. The van der Waals surface area contributed by atoms with Gasteiger partial charge in [0.15, 0.2) is 5.78 Å². The fraction of sp³-hybridized carbons (Fsp3) is 0.483. The quantitative estimate of drug-likeness (QED) is 0.352. The van der Waals surface area contributed by atoms with Gasteiger partial charge in [0, 0.05) is 50.9 Å². The number of alkyl halides is 1. The highest BCUT2D eigenvalue weighted by molar-refractivity contribution is 7.19. The van der Waals surface area contributed by atoms with Gasteiger partial charge < -0.3 is 21.3 Å². The lowest BCUT2D eigenvalue weighted by molar-refractivity contribution is -0.0464. The summed E-state index contributed by atoms with van der Waals surface area (Å²) in [4.78, 5) is 21.7. The van der Waals surface area contributed by atoms with Crippen molar-refractivity contribution in [2.24, 2.45) is 11.7 Å². The minimum atomic E-state index is -1.88. The average Bonchev–Trinajstić information content (AvgIpc) is 3.28. The van der Waals surface area contributed by atoms with Crippen LogP contribution in [0.5, 0.6) is 0 Å². The molecule has 4 atom stereocenters. The van der Waals surface area contributed by atoms with Crippen molar-refractivity contribution >= 4 is 22.1 Å². The zero-order valence-corrected chi connectivity index (χ0v) is 23.2. The second-order valence-corrected chi connectivity index (χ2v) is 12.2. The summed E-state index contributed by atoms with van der Waals surface area (Å²) in [6.45, 7) is 4.04. The van der Waals surface area contributed by atoms with Gasteiger partial charge in [-0.15, -0.1) is 0 Å². The van der Waals surface area contributed by atoms with Crippen molar-refractivity contribution in [1.82, 2.24) is 9.97 Å². The van der Waals surface area contributed by atoms with Gasteiger partial charge in [-0.25, -0.2) is 18.2 Å². The lowest BCUT2D eigenvalue weighted by Gasteiger charge is -2.44. The second kappa shape index (κ2) is 10.8. The Kier molecular flexibility index (Phi) is 7.77. The first-order valence-corrected chi connectivity index (χ1v) is 14.2. The van der Waals surface area contributed by atoms with Crippen molar-refractivity contribution < 1.29 is 27.8 Å². The van der Waals surface area contributed by atoms with Gasteiger partial charge in [0.2, 0.25) is 0 Å². The summed E-state index contributed by atoms with van der Waals surface area (Å²) >= 11 is 0.800. The van der Waals surface area contributed by atoms with Crippen LogP contribution in [0.4, 0.5) is 18.2 Å². The van der Waals surface area contributed by atoms with Crippen LogP contribution in [0, 0.1) is 17.6 Å². The molecule has 3 aromatic rings. The smallest absolute Gasteiger partial charge is 0.188 e. The van der Waals surface area contributed by atoms with Crippen molar-refractivity contribution in [2.45, 2.75) is 69.2 Å². The molecule has 5 rings (SSSR count). The summed E-state index contributed by atoms with van der Waals surface area (Å²) in [5.41, 5.74) is 10.5. The fourth-order valence-electron chi connectivity index (χ4n) is 5.83. The van der Waals surface area contributed by atoms with Gasteiger partial charge in [-0.05, 0) is 66.5 Å². The Morgan fingerprint density at radius 3 is 2.55 bits per heavy atom. The predicted molar refractivity (Wildman–Crippen MR) is 147 cm³/mol. The molecule has 1 saturated heterocycles. The number of carbonyl (C=O) groups excluding carboxylic acids is 1. The number of aliphatic hydroxyl groups is 1. The third kappa shape index (κ3) is 5.27. The Bertz CT molecular complexity index is 1390. The summed E-state index contributed by atoms with van der Waals surface area (Å²) in [7, 11) is 0. The van der Waals surface area contributed by atoms with Crippen LogP contribution >= 0.6 is 11.3 Å². The maximum Gasteiger partial charge on any atom is 0.188 e. The minimum Gasteiger partial charge on any atom is -0.389 e. The highest BCUT2D eigenvalue weighted by atomic mass is 32.1. The standard InChI is InChI=1S/C29H33F3N4O3S/c1-15-9-16(11-23(33)28(15,2)38)19-3-6-35-14-17(19)10-22(37)25-26(34)40-27(36-25)24-20(30)12-18(13-21(24)31)29(32)4-7-39-8-5-29/h3,6,12-16,23,38H,4-5,7-11,33-34H2,1-2H3/t15-,16+,23+,28+/m0/s1. The molecule has 214 valence electrons. The van der Waals surface area contributed by atoms with E-state index in [-0.39, 0.29) is 65.6 Å². The summed E-state index contributed by atoms with van der Waals surface area (Å²) in [5.74, 6) is -2.39. The minimum absolute atomic E-state index is 0.00936. The lowest BCUT2D eigenvalue weighted by atomic mass is 9.67. The molecule has 40 heavy (non-hydrogen) atoms. The Balaban J connectivity index is 1.39. The van der Waals surface area contributed by atoms with Crippen LogP contribution in [-0.2, 0) is 16.8 Å². The van der Waals surface area contributed by atoms with Crippen molar-refractivity contribution in [3.8, 4) is 10.6 Å². The van der Waals surface area contributed by atoms with Crippen molar-refractivity contribution in [3.63, 3.8) is 0 Å². The van der Waals surface area contributed by atoms with Gasteiger partial charge in [0.25, 0.3) is 0 Å². The largest absolute Gasteiger partial charge is 0.389 e. The molecule has 7 nitrogen and oxygen atoms in total. The monoisotopic (exact) mass is 574 g/mol. The number of nitrogen functional groups attached to an aromatic ring is 1. The number of benzene rings is 1. The zero-order chi connectivity index (χ0) is 28.8. The van der Waals surface area contributed by atoms with Crippen LogP contribution in [0.3, 0.4) is 0 Å². The van der Waals surface area contributed by atoms with E-state index in [1.165, 1.54) is 0 Å². The molecule has 5 N–H and O–H groups in total. The predicted octanol–water partition coefficient (Wildman–Crippen LogP) is 5.06. The number of halogens is 3. The first-order valence-electron chi connectivity index (χ1n) is 13.4. The lowest BCUT2D eigenvalue weighted by Crippen LogP contribution is -2.54. The number of Topliss-reactive ketones (excluding diaryl/α,β-unsaturated/α-hetero) is 1. The number of hydrogen-bond donors (Lipinski definition) is 3. The van der Waals surface area contributed by atoms with E-state index < -0.39 is 40.3 Å². The SMILES string of the molecule is C[C@H]1C[C@@H](c2ccncc2CC(=O)c2nc(-c3c(F)cc(C4(F)CCOCC4)cc3F)sc2N)C[C@@H](N)[C@]1(C)O. The molecule has 1 aliphatic carbocycles. The summed E-state index contributed by atoms with van der Waals surface area (Å²) in [5, 5.41) is 10.6. The van der Waals surface area contributed by atoms with E-state index >= 15 is 13.2 Å². The molecule has 2 fully saturated rings. The molecule has 0 unspecified atom stereocenters. The molecule has 11 heteroatoms. The molecule has 0 bridgehead atoms. The van der Waals surface area contributed by atoms with Crippen LogP contribution < -0.4 is 11.5 Å². The van der Waals surface area contributed by atoms with Gasteiger partial charge in [-0.2, -0.15) is 0 Å². The van der Waals surface area contributed by atoms with Crippen LogP contribution in [0.25, 0.3) is 10.6 Å². The Hall–Kier alpha value is -2.86. The van der Waals surface area contributed by atoms with Crippen molar-refractivity contribution in [2.75, 3.05) is 18.9 Å². The molecule has 2 aliphatic rings. The highest BCUT2D eigenvalue weighted by Crippen LogP contribution is 2.43. The number of anilines is 1. The highest BCUT2D eigenvalue weighted by Gasteiger charge is 2.42. The molecular formula is C29H33F3N4O3S. The first kappa shape index (κ1) is 28.7. The fourth-order valence-corrected chi connectivity index (χ4v) is 6.72. The number of thiazole rings is 1. The van der Waals surface area contributed by atoms with Crippen LogP contribution in [0.2, 0.25) is 0 Å². The number of carbonyl (C=O) groups is 1. The molecular weight excluding hydrogens is 541 g/mol. The molecule has 1 saturated carbocycles. The number of ketones is 1. The molecule has 3 heterocycles. The van der Waals surface area contributed by atoms with Crippen LogP contribution in [-0.4, -0.2) is 45.7 Å². The molecule has 0 radical (unpaired) electrons. The van der Waals surface area contributed by atoms with Crippen molar-refractivity contribution in [1.29, 1.82) is 0 Å². The normalized spacial score (nSPS) is 26.5. The maximum absolute atomic E-state index is 15.3. The zero-order valence-electron chi connectivity index (χ0n) is 22.4. The average molecular weight is 575 g/mol. The number of nitrogens with two attached hydrogens (primary N) is 2. The molecule has 1 aromatic carbocycles. The number of aromatic nitrogens is 2. The molecule has 0 amide bonds. The van der Waals surface area contributed by atoms with Gasteiger partial charge >= 0.3 is 0 Å². The van der Waals surface area contributed by atoms with Gasteiger partial charge in [-0.3, -0.25) is 9.78 Å². The van der Waals surface area contributed by atoms with E-state index in [1.807, 2.05) is 13.0 Å². The maximum atomic E-state index is 15.3. The number of ether oxygens (including phenoxy) is 1. The van der Waals surface area contributed by atoms with Crippen LogP contribution in [0.15, 0.2) is 30.6 Å². The second-order valence-electron chi connectivity index (χ2n) is 11.2. The third-order valence-electron chi connectivity index (χ3n) is 8.63. The topological polar surface area (TPSA) is 124 Å². The number of rotatable bonds is 6. The Morgan fingerprint density at radius 1 is 1.23 bits per heavy atom. The van der Waals surface area contributed by atoms with E-state index in [9.17, 15) is 9.90 Å². The van der Waals surface area contributed by atoms with Gasteiger partial charge in [0.1, 0.15) is 33.0 Å². The third-order valence-corrected chi connectivity index (χ3v) is 9.54. The first-order chi connectivity index (χ1) is 18.9. The number of nitrogens with zero attached hydrogens (tertiary/aromatic N) is 2. The Labute approximate surface area is 234 Å². The van der Waals surface area contributed by atoms with E-state index in [0.717, 1.165) is 29.0 Å². The Morgan fingerprint density at radius 2 is 1.90 bits per heavy atom. The van der Waals surface area contributed by atoms with E-state index in [0.29, 0.717) is 18.4 Å². The number of pyridine rings is 1. The van der Waals surface area contributed by atoms with E-state index in [1.54, 1.807) is 19.3 Å². The number of hydrogen-bond acceptors (Lipinski definition) is 8. The summed E-state index contributed by atoms with van der Waals surface area (Å²) in [6, 6.07) is 3.39. The molecule has 0 spiro atoms. The van der Waals surface area contributed by atoms with Gasteiger partial charge in [0.05, 0.1) is 11.2 Å². The molecule has 2 aromatic heterocycles. The van der Waals surface area contributed by atoms with E-state index in [4.69, 9.17) is 16.2 Å². The summed E-state index contributed by atoms with van der Waals surface area (Å²) in [6.07, 6.45) is 4.46. The van der Waals surface area contributed by atoms with Crippen molar-refractivity contribution in [3.05, 3.63) is 64.6 Å². The van der Waals surface area contributed by atoms with Crippen LogP contribution in [0.1, 0.15) is 72.6 Å². The molecule has 1 aliphatic heterocycles. The van der Waals surface area contributed by atoms with E-state index in [2.05, 4.69) is 9.97 Å². The van der Waals surface area contributed by atoms with Gasteiger partial charge in [-0.1, -0.05) is 18.3 Å².